The number of hydrogen-bond donors (Lipinski definition) is 0. The van der Waals surface area contributed by atoms with Crippen LogP contribution in [0.5, 0.6) is 0 Å². The molecule has 0 spiro atoms. The number of rotatable bonds is 4. The number of carbonyl (C=O) groups excluding carboxylic acids is 1. The molecule has 1 atom stereocenters. The molecule has 94 valence electrons. The summed E-state index contributed by atoms with van der Waals surface area (Å²) in [5, 5.41) is 0. The van der Waals surface area contributed by atoms with Crippen molar-refractivity contribution in [1.82, 2.24) is 9.80 Å². The topological polar surface area (TPSA) is 23.6 Å². The summed E-state index contributed by atoms with van der Waals surface area (Å²) in [5.41, 5.74) is 0. The normalized spacial score (nSPS) is 20.8. The van der Waals surface area contributed by atoms with E-state index in [9.17, 15) is 4.79 Å². The fraction of sp³-hybridized carbons (Fsp3) is 0.917. The largest absolute Gasteiger partial charge is 0.342 e. The molecule has 0 aromatic heterocycles. The van der Waals surface area contributed by atoms with Crippen molar-refractivity contribution in [2.45, 2.75) is 44.0 Å². The minimum Gasteiger partial charge on any atom is -0.342 e. The van der Waals surface area contributed by atoms with Crippen molar-refractivity contribution in [2.75, 3.05) is 26.7 Å². The maximum atomic E-state index is 11.8. The van der Waals surface area contributed by atoms with Crippen LogP contribution < -0.4 is 0 Å². The van der Waals surface area contributed by atoms with Crippen LogP contribution in [-0.2, 0) is 4.79 Å². The van der Waals surface area contributed by atoms with Crippen LogP contribution in [0.4, 0.5) is 0 Å². The second kappa shape index (κ2) is 6.60. The van der Waals surface area contributed by atoms with Crippen LogP contribution in [0.15, 0.2) is 0 Å². The first-order valence-electron chi connectivity index (χ1n) is 6.19. The van der Waals surface area contributed by atoms with E-state index in [0.29, 0.717) is 6.04 Å². The van der Waals surface area contributed by atoms with Gasteiger partial charge in [0, 0.05) is 26.2 Å². The Morgan fingerprint density at radius 3 is 2.50 bits per heavy atom. The summed E-state index contributed by atoms with van der Waals surface area (Å²) in [6, 6.07) is 0.431. The molecule has 1 heterocycles. The summed E-state index contributed by atoms with van der Waals surface area (Å²) in [5.74, 6) is 0.203. The number of piperidine rings is 1. The van der Waals surface area contributed by atoms with Gasteiger partial charge in [-0.15, -0.1) is 0 Å². The van der Waals surface area contributed by atoms with Crippen LogP contribution in [0.25, 0.3) is 0 Å². The van der Waals surface area contributed by atoms with Crippen LogP contribution in [0, 0.1) is 0 Å². The van der Waals surface area contributed by atoms with Crippen molar-refractivity contribution >= 4 is 21.8 Å². The average molecular weight is 291 g/mol. The fourth-order valence-corrected chi connectivity index (χ4v) is 2.63. The van der Waals surface area contributed by atoms with Gasteiger partial charge in [-0.1, -0.05) is 22.9 Å². The zero-order chi connectivity index (χ0) is 12.1. The zero-order valence-electron chi connectivity index (χ0n) is 10.6. The molecule has 0 aromatic rings. The van der Waals surface area contributed by atoms with E-state index in [1.165, 1.54) is 13.0 Å². The molecule has 1 aliphatic rings. The first-order valence-corrected chi connectivity index (χ1v) is 7.11. The van der Waals surface area contributed by atoms with Gasteiger partial charge in [0.25, 0.3) is 0 Å². The SMILES string of the molecule is CCCN1CCC(N(C)C(=O)C(C)Br)CC1. The highest BCUT2D eigenvalue weighted by molar-refractivity contribution is 9.10. The summed E-state index contributed by atoms with van der Waals surface area (Å²) in [6.07, 6.45) is 3.45. The van der Waals surface area contributed by atoms with E-state index in [1.54, 1.807) is 0 Å². The van der Waals surface area contributed by atoms with E-state index in [-0.39, 0.29) is 10.7 Å². The fourth-order valence-electron chi connectivity index (χ4n) is 2.31. The second-order valence-corrected chi connectivity index (χ2v) is 6.01. The van der Waals surface area contributed by atoms with Gasteiger partial charge in [0.15, 0.2) is 0 Å². The highest BCUT2D eigenvalue weighted by Gasteiger charge is 2.26. The molecular formula is C12H23BrN2O. The summed E-state index contributed by atoms with van der Waals surface area (Å²) in [7, 11) is 1.93. The number of halogens is 1. The molecule has 16 heavy (non-hydrogen) atoms. The molecule has 1 aliphatic heterocycles. The summed E-state index contributed by atoms with van der Waals surface area (Å²) in [4.78, 5) is 16.2. The van der Waals surface area contributed by atoms with Gasteiger partial charge in [-0.25, -0.2) is 0 Å². The molecular weight excluding hydrogens is 268 g/mol. The zero-order valence-corrected chi connectivity index (χ0v) is 12.2. The summed E-state index contributed by atoms with van der Waals surface area (Å²) < 4.78 is 0. The van der Waals surface area contributed by atoms with E-state index in [4.69, 9.17) is 0 Å². The van der Waals surface area contributed by atoms with Crippen molar-refractivity contribution in [2.24, 2.45) is 0 Å². The van der Waals surface area contributed by atoms with Crippen LogP contribution in [0.2, 0.25) is 0 Å². The lowest BCUT2D eigenvalue weighted by Crippen LogP contribution is -2.47. The maximum Gasteiger partial charge on any atom is 0.236 e. The number of amides is 1. The van der Waals surface area contributed by atoms with Gasteiger partial charge < -0.3 is 9.80 Å². The summed E-state index contributed by atoms with van der Waals surface area (Å²) in [6.45, 7) is 7.57. The lowest BCUT2D eigenvalue weighted by molar-refractivity contribution is -0.131. The third-order valence-electron chi connectivity index (χ3n) is 3.33. The van der Waals surface area contributed by atoms with E-state index < -0.39 is 0 Å². The van der Waals surface area contributed by atoms with Crippen LogP contribution >= 0.6 is 15.9 Å². The number of hydrogen-bond acceptors (Lipinski definition) is 2. The van der Waals surface area contributed by atoms with Gasteiger partial charge in [-0.3, -0.25) is 4.79 Å². The molecule has 1 fully saturated rings. The monoisotopic (exact) mass is 290 g/mol. The first kappa shape index (κ1) is 14.0. The number of nitrogens with zero attached hydrogens (tertiary/aromatic N) is 2. The Balaban J connectivity index is 2.38. The lowest BCUT2D eigenvalue weighted by atomic mass is 10.0. The minimum absolute atomic E-state index is 0.0637. The van der Waals surface area contributed by atoms with Gasteiger partial charge in [-0.2, -0.15) is 0 Å². The van der Waals surface area contributed by atoms with Gasteiger partial charge in [0.2, 0.25) is 5.91 Å². The Morgan fingerprint density at radius 2 is 2.06 bits per heavy atom. The van der Waals surface area contributed by atoms with Crippen LogP contribution in [-0.4, -0.2) is 53.3 Å². The molecule has 0 radical (unpaired) electrons. The lowest BCUT2D eigenvalue weighted by Gasteiger charge is -2.37. The van der Waals surface area contributed by atoms with Crippen LogP contribution in [0.1, 0.15) is 33.1 Å². The molecule has 0 N–H and O–H groups in total. The predicted octanol–water partition coefficient (Wildman–Crippen LogP) is 2.10. The molecule has 3 nitrogen and oxygen atoms in total. The van der Waals surface area contributed by atoms with Gasteiger partial charge in [-0.05, 0) is 32.7 Å². The Bertz CT molecular complexity index is 225. The Labute approximate surface area is 107 Å². The molecule has 4 heteroatoms. The molecule has 0 aromatic carbocycles. The van der Waals surface area contributed by atoms with Crippen molar-refractivity contribution in [1.29, 1.82) is 0 Å². The average Bonchev–Trinajstić information content (AvgIpc) is 2.28. The van der Waals surface area contributed by atoms with E-state index in [0.717, 1.165) is 25.9 Å². The van der Waals surface area contributed by atoms with Crippen molar-refractivity contribution in [3.8, 4) is 0 Å². The third kappa shape index (κ3) is 3.74. The highest BCUT2D eigenvalue weighted by atomic mass is 79.9. The third-order valence-corrected chi connectivity index (χ3v) is 3.72. The number of alkyl halides is 1. The first-order chi connectivity index (χ1) is 7.56. The number of likely N-dealkylation sites (tertiary alicyclic amines) is 1. The van der Waals surface area contributed by atoms with Gasteiger partial charge in [0.05, 0.1) is 4.83 Å². The Kier molecular flexibility index (Phi) is 5.76. The quantitative estimate of drug-likeness (QED) is 0.741. The summed E-state index contributed by atoms with van der Waals surface area (Å²) >= 11 is 3.34. The molecule has 1 amide bonds. The smallest absolute Gasteiger partial charge is 0.236 e. The van der Waals surface area contributed by atoms with Gasteiger partial charge >= 0.3 is 0 Å². The van der Waals surface area contributed by atoms with Crippen molar-refractivity contribution in [3.63, 3.8) is 0 Å². The van der Waals surface area contributed by atoms with Crippen LogP contribution in [0.3, 0.4) is 0 Å². The second-order valence-electron chi connectivity index (χ2n) is 4.64. The Hall–Kier alpha value is -0.0900. The maximum absolute atomic E-state index is 11.8. The van der Waals surface area contributed by atoms with E-state index >= 15 is 0 Å². The molecule has 1 unspecified atom stereocenters. The predicted molar refractivity (Wildman–Crippen MR) is 70.9 cm³/mol. The van der Waals surface area contributed by atoms with E-state index in [2.05, 4.69) is 27.8 Å². The van der Waals surface area contributed by atoms with E-state index in [1.807, 2.05) is 18.9 Å². The molecule has 0 aliphatic carbocycles. The highest BCUT2D eigenvalue weighted by Crippen LogP contribution is 2.17. The standard InChI is InChI=1S/C12H23BrN2O/c1-4-7-15-8-5-11(6-9-15)14(3)12(16)10(2)13/h10-11H,4-9H2,1-3H3. The molecule has 1 rings (SSSR count). The number of carbonyl (C=O) groups is 1. The van der Waals surface area contributed by atoms with Crippen molar-refractivity contribution < 1.29 is 4.79 Å². The minimum atomic E-state index is -0.0637. The Morgan fingerprint density at radius 1 is 1.50 bits per heavy atom. The molecule has 0 bridgehead atoms. The molecule has 1 saturated heterocycles. The van der Waals surface area contributed by atoms with Crippen molar-refractivity contribution in [3.05, 3.63) is 0 Å². The van der Waals surface area contributed by atoms with Gasteiger partial charge in [0.1, 0.15) is 0 Å². The molecule has 0 saturated carbocycles.